The highest BCUT2D eigenvalue weighted by Crippen LogP contribution is 2.12. The second kappa shape index (κ2) is 9.38. The number of carbonyl (C=O) groups is 2. The van der Waals surface area contributed by atoms with Crippen LogP contribution in [0.2, 0.25) is 0 Å². The van der Waals surface area contributed by atoms with Crippen molar-refractivity contribution in [3.8, 4) is 0 Å². The van der Waals surface area contributed by atoms with Crippen molar-refractivity contribution in [3.05, 3.63) is 18.7 Å². The van der Waals surface area contributed by atoms with Gasteiger partial charge in [-0.25, -0.2) is 4.98 Å². The van der Waals surface area contributed by atoms with E-state index in [0.29, 0.717) is 6.42 Å². The van der Waals surface area contributed by atoms with E-state index < -0.39 is 17.9 Å². The molecule has 2 N–H and O–H groups in total. The van der Waals surface area contributed by atoms with Crippen molar-refractivity contribution in [2.24, 2.45) is 5.92 Å². The summed E-state index contributed by atoms with van der Waals surface area (Å²) in [6.07, 6.45) is 9.01. The van der Waals surface area contributed by atoms with Crippen LogP contribution in [0.25, 0.3) is 0 Å². The Labute approximate surface area is 117 Å². The highest BCUT2D eigenvalue weighted by Gasteiger charge is 2.24. The van der Waals surface area contributed by atoms with E-state index >= 15 is 0 Å². The number of aromatic nitrogens is 2. The van der Waals surface area contributed by atoms with Gasteiger partial charge in [0.1, 0.15) is 0 Å². The number of nitrogens with zero attached hydrogens (tertiary/aromatic N) is 2. The first kappa shape index (κ1) is 17.4. The van der Waals surface area contributed by atoms with Crippen molar-refractivity contribution in [3.63, 3.8) is 0 Å². The molecule has 1 rings (SSSR count). The van der Waals surface area contributed by atoms with Crippen LogP contribution in [0.4, 0.5) is 0 Å². The smallest absolute Gasteiger partial charge is 0.317 e. The van der Waals surface area contributed by atoms with Crippen LogP contribution in [-0.4, -0.2) is 31.7 Å². The Hall–Kier alpha value is -1.56. The van der Waals surface area contributed by atoms with E-state index in [1.54, 1.807) is 12.5 Å². The summed E-state index contributed by atoms with van der Waals surface area (Å²) >= 11 is 0. The zero-order chi connectivity index (χ0) is 13.4. The molecule has 0 aromatic carbocycles. The van der Waals surface area contributed by atoms with Gasteiger partial charge in [-0.3, -0.25) is 9.59 Å². The first-order chi connectivity index (χ1) is 8.61. The number of aliphatic carboxylic acids is 2. The Kier molecular flexibility index (Phi) is 8.61. The third kappa shape index (κ3) is 6.81. The summed E-state index contributed by atoms with van der Waals surface area (Å²) < 4.78 is 1.98. The third-order valence-electron chi connectivity index (χ3n) is 2.81. The molecule has 0 fully saturated rings. The molecule has 0 unspecified atom stereocenters. The fourth-order valence-electron chi connectivity index (χ4n) is 1.77. The third-order valence-corrected chi connectivity index (χ3v) is 2.81. The predicted octanol–water partition coefficient (Wildman–Crippen LogP) is 2.04. The van der Waals surface area contributed by atoms with E-state index in [1.165, 1.54) is 0 Å². The van der Waals surface area contributed by atoms with Crippen LogP contribution >= 0.6 is 12.4 Å². The standard InChI is InChI=1S/C12H18N2O4.ClH/c15-11(16)10(12(17)18)5-3-1-2-4-7-14-8-6-13-9-14;/h6,8-10H,1-5,7H2,(H,15,16)(H,17,18);1H. The van der Waals surface area contributed by atoms with Gasteiger partial charge in [0.2, 0.25) is 0 Å². The van der Waals surface area contributed by atoms with Gasteiger partial charge in [0, 0.05) is 18.9 Å². The van der Waals surface area contributed by atoms with E-state index in [1.807, 2.05) is 10.8 Å². The van der Waals surface area contributed by atoms with Crippen LogP contribution < -0.4 is 0 Å². The van der Waals surface area contributed by atoms with Crippen molar-refractivity contribution in [1.29, 1.82) is 0 Å². The zero-order valence-electron chi connectivity index (χ0n) is 10.6. The average molecular weight is 291 g/mol. The first-order valence-electron chi connectivity index (χ1n) is 6.02. The quantitative estimate of drug-likeness (QED) is 0.536. The molecule has 0 aliphatic carbocycles. The second-order valence-electron chi connectivity index (χ2n) is 4.23. The van der Waals surface area contributed by atoms with Gasteiger partial charge in [-0.15, -0.1) is 12.4 Å². The van der Waals surface area contributed by atoms with Gasteiger partial charge in [0.15, 0.2) is 5.92 Å². The maximum Gasteiger partial charge on any atom is 0.317 e. The van der Waals surface area contributed by atoms with Gasteiger partial charge in [-0.2, -0.15) is 0 Å². The molecule has 0 atom stereocenters. The lowest BCUT2D eigenvalue weighted by Crippen LogP contribution is -2.23. The molecular formula is C12H19ClN2O4. The monoisotopic (exact) mass is 290 g/mol. The van der Waals surface area contributed by atoms with Crippen molar-refractivity contribution >= 4 is 24.3 Å². The van der Waals surface area contributed by atoms with Crippen LogP contribution in [0.5, 0.6) is 0 Å². The molecule has 1 heterocycles. The average Bonchev–Trinajstić information content (AvgIpc) is 2.79. The lowest BCUT2D eigenvalue weighted by Gasteiger charge is -2.07. The first-order valence-corrected chi connectivity index (χ1v) is 6.02. The number of imidazole rings is 1. The van der Waals surface area contributed by atoms with Gasteiger partial charge in [0.25, 0.3) is 0 Å². The summed E-state index contributed by atoms with van der Waals surface area (Å²) in [7, 11) is 0. The number of hydrogen-bond donors (Lipinski definition) is 2. The van der Waals surface area contributed by atoms with Crippen molar-refractivity contribution < 1.29 is 19.8 Å². The number of carboxylic acid groups (broad SMARTS) is 2. The van der Waals surface area contributed by atoms with Gasteiger partial charge in [-0.05, 0) is 12.8 Å². The predicted molar refractivity (Wildman–Crippen MR) is 71.3 cm³/mol. The van der Waals surface area contributed by atoms with Crippen LogP contribution in [0.1, 0.15) is 32.1 Å². The summed E-state index contributed by atoms with van der Waals surface area (Å²) in [5, 5.41) is 17.4. The minimum absolute atomic E-state index is 0. The molecule has 1 aromatic heterocycles. The van der Waals surface area contributed by atoms with E-state index in [2.05, 4.69) is 4.98 Å². The number of carboxylic acids is 2. The Morgan fingerprint density at radius 2 is 1.74 bits per heavy atom. The Balaban J connectivity index is 0.00000324. The highest BCUT2D eigenvalue weighted by atomic mass is 35.5. The molecule has 6 nitrogen and oxygen atoms in total. The van der Waals surface area contributed by atoms with Crippen LogP contribution in [0.15, 0.2) is 18.7 Å². The molecule has 0 aliphatic heterocycles. The van der Waals surface area contributed by atoms with Gasteiger partial charge in [0.05, 0.1) is 6.33 Å². The summed E-state index contributed by atoms with van der Waals surface area (Å²) in [5.41, 5.74) is 0. The molecule has 0 saturated heterocycles. The molecule has 0 spiro atoms. The molecule has 0 aliphatic rings. The maximum atomic E-state index is 10.6. The van der Waals surface area contributed by atoms with Gasteiger partial charge >= 0.3 is 11.9 Å². The van der Waals surface area contributed by atoms with Crippen LogP contribution in [-0.2, 0) is 16.1 Å². The number of halogens is 1. The maximum absolute atomic E-state index is 10.6. The second-order valence-corrected chi connectivity index (χ2v) is 4.23. The molecule has 0 amide bonds. The molecular weight excluding hydrogens is 272 g/mol. The number of aryl methyl sites for hydroxylation is 1. The van der Waals surface area contributed by atoms with Gasteiger partial charge in [-0.1, -0.05) is 19.3 Å². The van der Waals surface area contributed by atoms with Crippen LogP contribution in [0, 0.1) is 5.92 Å². The van der Waals surface area contributed by atoms with Crippen molar-refractivity contribution in [2.45, 2.75) is 38.6 Å². The molecule has 1 aromatic rings. The summed E-state index contributed by atoms with van der Waals surface area (Å²) in [5.74, 6) is -3.76. The van der Waals surface area contributed by atoms with Gasteiger partial charge < -0.3 is 14.8 Å². The minimum atomic E-state index is -1.27. The molecule has 108 valence electrons. The van der Waals surface area contributed by atoms with Crippen molar-refractivity contribution in [1.82, 2.24) is 9.55 Å². The molecule has 0 radical (unpaired) electrons. The van der Waals surface area contributed by atoms with E-state index in [0.717, 1.165) is 25.8 Å². The normalized spacial score (nSPS) is 10.2. The topological polar surface area (TPSA) is 92.4 Å². The lowest BCUT2D eigenvalue weighted by atomic mass is 10.0. The van der Waals surface area contributed by atoms with Crippen LogP contribution in [0.3, 0.4) is 0 Å². The highest BCUT2D eigenvalue weighted by molar-refractivity contribution is 5.92. The van der Waals surface area contributed by atoms with Crippen molar-refractivity contribution in [2.75, 3.05) is 0 Å². The largest absolute Gasteiger partial charge is 0.481 e. The molecule has 0 bridgehead atoms. The Bertz CT molecular complexity index is 367. The summed E-state index contributed by atoms with van der Waals surface area (Å²) in [6.45, 7) is 0.890. The zero-order valence-corrected chi connectivity index (χ0v) is 11.4. The lowest BCUT2D eigenvalue weighted by molar-refractivity contribution is -0.154. The summed E-state index contributed by atoms with van der Waals surface area (Å²) in [4.78, 5) is 25.2. The minimum Gasteiger partial charge on any atom is -0.481 e. The van der Waals surface area contributed by atoms with E-state index in [-0.39, 0.29) is 18.8 Å². The van der Waals surface area contributed by atoms with E-state index in [4.69, 9.17) is 10.2 Å². The fourth-order valence-corrected chi connectivity index (χ4v) is 1.77. The number of rotatable bonds is 9. The van der Waals surface area contributed by atoms with E-state index in [9.17, 15) is 9.59 Å². The Morgan fingerprint density at radius 1 is 1.11 bits per heavy atom. The number of hydrogen-bond acceptors (Lipinski definition) is 3. The Morgan fingerprint density at radius 3 is 2.26 bits per heavy atom. The SMILES string of the molecule is Cl.O=C(O)C(CCCCCCn1ccnc1)C(=O)O. The summed E-state index contributed by atoms with van der Waals surface area (Å²) in [6, 6.07) is 0. The number of unbranched alkanes of at least 4 members (excludes halogenated alkanes) is 3. The molecule has 7 heteroatoms. The molecule has 0 saturated carbocycles. The fraction of sp³-hybridized carbons (Fsp3) is 0.583. The molecule has 19 heavy (non-hydrogen) atoms.